The van der Waals surface area contributed by atoms with E-state index in [1.165, 1.54) is 24.3 Å². The Kier molecular flexibility index (Phi) is 7.61. The van der Waals surface area contributed by atoms with Gasteiger partial charge in [-0.05, 0) is 68.3 Å². The second-order valence-corrected chi connectivity index (χ2v) is 16.4. The Balaban J connectivity index is 1.17. The number of phenolic OH excluding ortho intramolecular Hbond substituents is 1. The fourth-order valence-corrected chi connectivity index (χ4v) is 10.1. The number of benzene rings is 3. The molecule has 5 aliphatic heterocycles. The summed E-state index contributed by atoms with van der Waals surface area (Å²) in [4.78, 5) is 29.8. The predicted octanol–water partition coefficient (Wildman–Crippen LogP) is 5.47. The number of carbonyl (C=O) groups excluding carboxylic acids is 1. The van der Waals surface area contributed by atoms with Crippen LogP contribution in [0.25, 0.3) is 43.7 Å². The van der Waals surface area contributed by atoms with Gasteiger partial charge in [0.05, 0.1) is 35.1 Å². The molecule has 0 spiro atoms. The van der Waals surface area contributed by atoms with Gasteiger partial charge >= 0.3 is 6.01 Å². The second-order valence-electron chi connectivity index (χ2n) is 16.4. The van der Waals surface area contributed by atoms with Crippen LogP contribution in [0.3, 0.4) is 0 Å². The normalized spacial score (nSPS) is 25.9. The summed E-state index contributed by atoms with van der Waals surface area (Å²) in [6.07, 6.45) is 10.3. The Morgan fingerprint density at radius 2 is 1.89 bits per heavy atom. The lowest BCUT2D eigenvalue weighted by atomic mass is 9.86. The highest BCUT2D eigenvalue weighted by atomic mass is 19.1. The van der Waals surface area contributed by atoms with Gasteiger partial charge in [0.25, 0.3) is 0 Å². The molecule has 0 saturated carbocycles. The molecule has 7 heterocycles. The van der Waals surface area contributed by atoms with Crippen LogP contribution in [0.4, 0.5) is 19.0 Å². The van der Waals surface area contributed by atoms with Gasteiger partial charge in [0.1, 0.15) is 41.2 Å². The molecule has 2 unspecified atom stereocenters. The molecule has 5 fully saturated rings. The number of aromatic hydroxyl groups is 1. The number of halogens is 3. The quantitative estimate of drug-likeness (QED) is 0.226. The Morgan fingerprint density at radius 1 is 1.11 bits per heavy atom. The molecule has 1 N–H and O–H groups in total. The number of anilines is 1. The molecule has 5 aliphatic rings. The molecule has 0 radical (unpaired) electrons. The van der Waals surface area contributed by atoms with Gasteiger partial charge in [0.2, 0.25) is 5.91 Å². The zero-order valence-electron chi connectivity index (χ0n) is 30.6. The third kappa shape index (κ3) is 5.12. The van der Waals surface area contributed by atoms with E-state index in [1.807, 2.05) is 11.8 Å². The van der Waals surface area contributed by atoms with Crippen LogP contribution in [-0.4, -0.2) is 110 Å². The lowest BCUT2D eigenvalue weighted by Crippen LogP contribution is -2.62. The maximum absolute atomic E-state index is 17.8. The Bertz CT molecular complexity index is 2480. The molecule has 2 bridgehead atoms. The number of carbonyl (C=O) groups is 1. The SMILES string of the molecule is C#Cc1c(F)ccc2cc(O)cc(-c3c(F)c4nc(OC[C@@]56CCCN5C[C@H](F)C6)nc(N5CC6CCC(C5)N6C(=O)C5(C)COC5)c4c4cn(C)nc34)c12. The number of terminal acetylenes is 1. The van der Waals surface area contributed by atoms with Gasteiger partial charge in [-0.3, -0.25) is 14.4 Å². The minimum Gasteiger partial charge on any atom is -0.508 e. The van der Waals surface area contributed by atoms with Gasteiger partial charge in [-0.2, -0.15) is 15.1 Å². The monoisotopic (exact) mass is 751 g/mol. The molecule has 5 saturated heterocycles. The summed E-state index contributed by atoms with van der Waals surface area (Å²) >= 11 is 0. The largest absolute Gasteiger partial charge is 0.508 e. The third-order valence-electron chi connectivity index (χ3n) is 12.7. The molecule has 10 rings (SSSR count). The van der Waals surface area contributed by atoms with Gasteiger partial charge in [0.15, 0.2) is 5.82 Å². The zero-order chi connectivity index (χ0) is 38.0. The molecule has 55 heavy (non-hydrogen) atoms. The fraction of sp³-hybridized carbons (Fsp3) is 0.463. The molecule has 284 valence electrons. The average molecular weight is 752 g/mol. The predicted molar refractivity (Wildman–Crippen MR) is 200 cm³/mol. The summed E-state index contributed by atoms with van der Waals surface area (Å²) in [6, 6.07) is 5.29. The van der Waals surface area contributed by atoms with Crippen LogP contribution in [0, 0.1) is 29.4 Å². The van der Waals surface area contributed by atoms with Gasteiger partial charge in [-0.25, -0.2) is 13.2 Å². The number of ether oxygens (including phenoxy) is 2. The van der Waals surface area contributed by atoms with Crippen molar-refractivity contribution in [2.45, 2.75) is 62.8 Å². The molecule has 4 atom stereocenters. The first-order valence-electron chi connectivity index (χ1n) is 18.9. The van der Waals surface area contributed by atoms with E-state index in [0.29, 0.717) is 61.2 Å². The van der Waals surface area contributed by atoms with Crippen LogP contribution in [-0.2, 0) is 16.6 Å². The summed E-state index contributed by atoms with van der Waals surface area (Å²) < 4.78 is 61.2. The highest BCUT2D eigenvalue weighted by Gasteiger charge is 2.52. The van der Waals surface area contributed by atoms with Crippen molar-refractivity contribution in [3.8, 4) is 35.2 Å². The molecule has 2 aromatic heterocycles. The fourth-order valence-electron chi connectivity index (χ4n) is 10.1. The van der Waals surface area contributed by atoms with Crippen molar-refractivity contribution in [2.75, 3.05) is 50.9 Å². The first-order chi connectivity index (χ1) is 26.5. The molecule has 1 amide bonds. The van der Waals surface area contributed by atoms with Crippen LogP contribution in [0.2, 0.25) is 0 Å². The van der Waals surface area contributed by atoms with Crippen molar-refractivity contribution in [1.82, 2.24) is 29.5 Å². The molecule has 5 aromatic rings. The highest BCUT2D eigenvalue weighted by molar-refractivity contribution is 6.18. The minimum absolute atomic E-state index is 0.00947. The first-order valence-corrected chi connectivity index (χ1v) is 18.9. The molecular weight excluding hydrogens is 711 g/mol. The van der Waals surface area contributed by atoms with Crippen molar-refractivity contribution in [2.24, 2.45) is 12.5 Å². The van der Waals surface area contributed by atoms with E-state index < -0.39 is 28.8 Å². The van der Waals surface area contributed by atoms with Gasteiger partial charge in [-0.15, -0.1) is 6.42 Å². The average Bonchev–Trinajstić information content (AvgIpc) is 3.87. The van der Waals surface area contributed by atoms with E-state index in [9.17, 15) is 14.3 Å². The molecule has 11 nitrogen and oxygen atoms in total. The van der Waals surface area contributed by atoms with Crippen LogP contribution in [0.1, 0.15) is 44.6 Å². The minimum atomic E-state index is -0.964. The molecule has 3 aromatic carbocycles. The number of hydrogen-bond acceptors (Lipinski definition) is 9. The van der Waals surface area contributed by atoms with E-state index in [0.717, 1.165) is 32.2 Å². The van der Waals surface area contributed by atoms with Crippen LogP contribution in [0.15, 0.2) is 30.5 Å². The number of rotatable bonds is 6. The number of alkyl halides is 1. The highest BCUT2D eigenvalue weighted by Crippen LogP contribution is 2.47. The summed E-state index contributed by atoms with van der Waals surface area (Å²) in [6.45, 7) is 4.92. The molecule has 0 aliphatic carbocycles. The van der Waals surface area contributed by atoms with Gasteiger partial charge in [0, 0.05) is 67.7 Å². The Labute approximate surface area is 315 Å². The first kappa shape index (κ1) is 34.4. The van der Waals surface area contributed by atoms with Crippen LogP contribution in [0.5, 0.6) is 11.8 Å². The maximum atomic E-state index is 17.8. The number of hydrogen-bond donors (Lipinski definition) is 1. The number of aromatic nitrogens is 4. The molecule has 14 heteroatoms. The molecular formula is C41H40F3N7O4. The Hall–Kier alpha value is -5.13. The van der Waals surface area contributed by atoms with Crippen molar-refractivity contribution < 1.29 is 32.5 Å². The van der Waals surface area contributed by atoms with Gasteiger partial charge in [-0.1, -0.05) is 12.0 Å². The zero-order valence-corrected chi connectivity index (χ0v) is 30.6. The lowest BCUT2D eigenvalue weighted by molar-refractivity contribution is -0.172. The number of fused-ring (bicyclic) bond motifs is 7. The standard InChI is InChI=1S/C41H40F3N7O4/c1-4-27-30(43)9-6-22-12-26(52)13-28(31(22)27)32-34(44)36-33(29-18-48(3)47-35(29)32)37(46-39(45-36)55-21-41-10-5-11-50(41)15-23(42)14-41)49-16-24-7-8-25(17-49)51(24)38(53)40(2)19-54-20-40/h1,6,9,12-13,18,23-25,52H,5,7-8,10-11,14-17,19-21H2,2-3H3/t23-,24?,25?,41+/m1/s1. The summed E-state index contributed by atoms with van der Waals surface area (Å²) in [5.74, 6) is 1.37. The number of aryl methyl sites for hydroxylation is 1. The summed E-state index contributed by atoms with van der Waals surface area (Å²) in [7, 11) is 1.72. The topological polar surface area (TPSA) is 109 Å². The van der Waals surface area contributed by atoms with Gasteiger partial charge < -0.3 is 24.4 Å². The van der Waals surface area contributed by atoms with Crippen molar-refractivity contribution in [1.29, 1.82) is 0 Å². The van der Waals surface area contributed by atoms with E-state index >= 15 is 8.78 Å². The van der Waals surface area contributed by atoms with E-state index in [1.54, 1.807) is 17.9 Å². The number of piperazine rings is 1. The van der Waals surface area contributed by atoms with E-state index in [4.69, 9.17) is 31.0 Å². The third-order valence-corrected chi connectivity index (χ3v) is 12.7. The number of phenols is 1. The van der Waals surface area contributed by atoms with Crippen molar-refractivity contribution >= 4 is 44.3 Å². The van der Waals surface area contributed by atoms with E-state index in [-0.39, 0.29) is 69.5 Å². The van der Waals surface area contributed by atoms with Crippen LogP contribution >= 0.6 is 0 Å². The second kappa shape index (κ2) is 12.2. The van der Waals surface area contributed by atoms with Crippen molar-refractivity contribution in [3.63, 3.8) is 0 Å². The lowest BCUT2D eigenvalue weighted by Gasteiger charge is -2.47. The van der Waals surface area contributed by atoms with Crippen LogP contribution < -0.4 is 9.64 Å². The van der Waals surface area contributed by atoms with E-state index in [2.05, 4.69) is 15.7 Å². The number of nitrogens with zero attached hydrogens (tertiary/aromatic N) is 7. The Morgan fingerprint density at radius 3 is 2.62 bits per heavy atom. The maximum Gasteiger partial charge on any atom is 0.319 e. The smallest absolute Gasteiger partial charge is 0.319 e. The summed E-state index contributed by atoms with van der Waals surface area (Å²) in [5, 5.41) is 17.2. The number of amides is 1. The van der Waals surface area contributed by atoms with Crippen molar-refractivity contribution in [3.05, 3.63) is 47.7 Å². The summed E-state index contributed by atoms with van der Waals surface area (Å²) in [5.41, 5.74) is -0.768.